The number of nitrogens with zero attached hydrogens (tertiary/aromatic N) is 2. The van der Waals surface area contributed by atoms with Gasteiger partial charge in [0.2, 0.25) is 0 Å². The van der Waals surface area contributed by atoms with Crippen molar-refractivity contribution in [1.29, 1.82) is 0 Å². The molecule has 2 rings (SSSR count). The van der Waals surface area contributed by atoms with E-state index in [4.69, 9.17) is 18.6 Å². The molecule has 25 heavy (non-hydrogen) atoms. The first-order chi connectivity index (χ1) is 11.6. The van der Waals surface area contributed by atoms with Crippen LogP contribution in [-0.2, 0) is 0 Å². The van der Waals surface area contributed by atoms with Crippen molar-refractivity contribution in [3.8, 4) is 0 Å². The maximum absolute atomic E-state index is 8.83. The van der Waals surface area contributed by atoms with Gasteiger partial charge in [0.25, 0.3) is 0 Å². The molecule has 140 valence electrons. The quantitative estimate of drug-likeness (QED) is 0.671. The molecule has 2 heterocycles. The first-order valence-electron chi connectivity index (χ1n) is 8.19. The zero-order valence-corrected chi connectivity index (χ0v) is 16.0. The van der Waals surface area contributed by atoms with Gasteiger partial charge in [-0.3, -0.25) is 0 Å². The third-order valence-corrected chi connectivity index (χ3v) is 4.16. The van der Waals surface area contributed by atoms with Crippen molar-refractivity contribution < 1.29 is 38.0 Å². The Labute approximate surface area is 151 Å². The Morgan fingerprint density at radius 3 is 1.44 bits per heavy atom. The molecule has 0 amide bonds. The predicted octanol–water partition coefficient (Wildman–Crippen LogP) is 0.621. The van der Waals surface area contributed by atoms with Crippen LogP contribution in [0.25, 0.3) is 0 Å². The first kappa shape index (κ1) is 21.5. The van der Waals surface area contributed by atoms with Crippen LogP contribution in [0.5, 0.6) is 0 Å². The van der Waals surface area contributed by atoms with Gasteiger partial charge in [-0.25, -0.2) is 9.13 Å². The summed E-state index contributed by atoms with van der Waals surface area (Å²) in [4.78, 5) is 0. The molecule has 6 nitrogen and oxygen atoms in total. The molecular formula is C18H29ClN2O4+2. The van der Waals surface area contributed by atoms with E-state index in [1.807, 2.05) is 0 Å². The van der Waals surface area contributed by atoms with Crippen LogP contribution in [0.3, 0.4) is 0 Å². The van der Waals surface area contributed by atoms with Gasteiger partial charge >= 0.3 is 28.9 Å². The Hall–Kier alpha value is -1.57. The number of hydrogen-bond donors (Lipinski definition) is 3. The number of halogens is 1. The van der Waals surface area contributed by atoms with Gasteiger partial charge in [0.1, 0.15) is 0 Å². The Kier molecular flexibility index (Phi) is 8.41. The molecular weight excluding hydrogens is 344 g/mol. The Morgan fingerprint density at radius 1 is 0.840 bits per heavy atom. The second-order valence-corrected chi connectivity index (χ2v) is 7.08. The van der Waals surface area contributed by atoms with E-state index in [0.29, 0.717) is 12.1 Å². The van der Waals surface area contributed by atoms with E-state index in [0.717, 1.165) is 0 Å². The van der Waals surface area contributed by atoms with Crippen molar-refractivity contribution in [3.05, 3.63) is 60.2 Å². The summed E-state index contributed by atoms with van der Waals surface area (Å²) in [7, 11) is -4.19. The maximum atomic E-state index is 8.83. The first-order valence-corrected chi connectivity index (χ1v) is 9.51. The summed E-state index contributed by atoms with van der Waals surface area (Å²) in [6.07, 6.45) is 6.76. The van der Waals surface area contributed by atoms with E-state index < -0.39 is 10.2 Å². The molecule has 0 saturated carbocycles. The molecule has 0 radical (unpaired) electrons. The van der Waals surface area contributed by atoms with Gasteiger partial charge in [0.05, 0.1) is 0 Å². The fraction of sp³-hybridized carbons (Fsp3) is 0.444. The van der Waals surface area contributed by atoms with Crippen LogP contribution in [0, 0.1) is 24.1 Å². The molecule has 0 aliphatic rings. The van der Waals surface area contributed by atoms with Crippen LogP contribution in [0.4, 0.5) is 0 Å². The van der Waals surface area contributed by atoms with Crippen molar-refractivity contribution in [2.45, 2.75) is 52.6 Å². The SMILES string of the molecule is Cc1cccc[n+]1C(C)CCC(C)[n+]1ccccc1C.[O-][Cl+](O)(O)O. The predicted molar refractivity (Wildman–Crippen MR) is 88.1 cm³/mol. The van der Waals surface area contributed by atoms with Gasteiger partial charge in [0, 0.05) is 51.0 Å². The van der Waals surface area contributed by atoms with Gasteiger partial charge in [-0.05, 0) is 13.8 Å². The Morgan fingerprint density at radius 2 is 1.16 bits per heavy atom. The fourth-order valence-corrected chi connectivity index (χ4v) is 2.83. The summed E-state index contributed by atoms with van der Waals surface area (Å²) in [6, 6.07) is 13.9. The molecule has 2 aromatic heterocycles. The topological polar surface area (TPSA) is 91.5 Å². The fourth-order valence-electron chi connectivity index (χ4n) is 2.83. The molecule has 0 aliphatic heterocycles. The molecule has 2 aromatic rings. The van der Waals surface area contributed by atoms with E-state index >= 15 is 0 Å². The number of pyridine rings is 2. The molecule has 2 unspecified atom stereocenters. The Bertz CT molecular complexity index is 604. The number of aromatic nitrogens is 2. The average molecular weight is 373 g/mol. The molecule has 0 spiro atoms. The number of hydrogen-bond acceptors (Lipinski definition) is 4. The summed E-state index contributed by atoms with van der Waals surface area (Å²) < 4.78 is 35.0. The van der Waals surface area contributed by atoms with Crippen molar-refractivity contribution in [1.82, 2.24) is 0 Å². The van der Waals surface area contributed by atoms with Crippen LogP contribution in [0.1, 0.15) is 50.2 Å². The summed E-state index contributed by atoms with van der Waals surface area (Å²) in [5, 5.41) is 0. The van der Waals surface area contributed by atoms with E-state index in [1.54, 1.807) is 0 Å². The van der Waals surface area contributed by atoms with E-state index in [9.17, 15) is 0 Å². The molecule has 0 aromatic carbocycles. The molecule has 0 bridgehead atoms. The van der Waals surface area contributed by atoms with Crippen LogP contribution in [0.2, 0.25) is 0 Å². The minimum atomic E-state index is -4.19. The van der Waals surface area contributed by atoms with E-state index in [-0.39, 0.29) is 0 Å². The average Bonchev–Trinajstić information content (AvgIpc) is 2.51. The summed E-state index contributed by atoms with van der Waals surface area (Å²) >= 11 is 0. The molecule has 3 N–H and O–H groups in total. The van der Waals surface area contributed by atoms with Gasteiger partial charge in [-0.2, -0.15) is 0 Å². The third kappa shape index (κ3) is 8.38. The second kappa shape index (κ2) is 9.79. The summed E-state index contributed by atoms with van der Waals surface area (Å²) in [5.41, 5.74) is 2.66. The van der Waals surface area contributed by atoms with Crippen LogP contribution in [-0.4, -0.2) is 14.0 Å². The van der Waals surface area contributed by atoms with Crippen molar-refractivity contribution >= 4 is 0 Å². The molecule has 0 saturated heterocycles. The molecule has 7 heteroatoms. The normalized spacial score (nSPS) is 14.2. The molecule has 0 fully saturated rings. The Balaban J connectivity index is 0.000000550. The number of rotatable bonds is 5. The van der Waals surface area contributed by atoms with E-state index in [2.05, 4.69) is 85.6 Å². The summed E-state index contributed by atoms with van der Waals surface area (Å²) in [6.45, 7) is 8.97. The minimum absolute atomic E-state index is 0.545. The van der Waals surface area contributed by atoms with Crippen LogP contribution < -0.4 is 13.8 Å². The van der Waals surface area contributed by atoms with Crippen molar-refractivity contribution in [3.63, 3.8) is 0 Å². The number of aryl methyl sites for hydroxylation is 2. The van der Waals surface area contributed by atoms with Gasteiger partial charge < -0.3 is 0 Å². The van der Waals surface area contributed by atoms with Crippen LogP contribution >= 0.6 is 0 Å². The van der Waals surface area contributed by atoms with Gasteiger partial charge in [0.15, 0.2) is 35.9 Å². The molecule has 0 aliphatic carbocycles. The molecule has 2 atom stereocenters. The van der Waals surface area contributed by atoms with Crippen molar-refractivity contribution in [2.24, 2.45) is 0 Å². The summed E-state index contributed by atoms with van der Waals surface area (Å²) in [5.74, 6) is 0. The third-order valence-electron chi connectivity index (χ3n) is 4.16. The van der Waals surface area contributed by atoms with Crippen LogP contribution in [0.15, 0.2) is 48.8 Å². The van der Waals surface area contributed by atoms with Crippen molar-refractivity contribution in [2.75, 3.05) is 0 Å². The zero-order chi connectivity index (χ0) is 19.0. The zero-order valence-electron chi connectivity index (χ0n) is 15.2. The monoisotopic (exact) mass is 372 g/mol. The van der Waals surface area contributed by atoms with Gasteiger partial charge in [-0.1, -0.05) is 12.1 Å². The van der Waals surface area contributed by atoms with E-state index in [1.165, 1.54) is 24.2 Å². The standard InChI is InChI=1S/C18H26N2.ClH3O4/c1-15-9-5-7-13-19(15)17(3)11-12-18(4)20-14-8-6-10-16(20)2;2-1(3,4)5/h5-10,13-14,17-18H,11-12H2,1-4H3;2-4H/q+2;. The second-order valence-electron chi connectivity index (χ2n) is 6.21. The van der Waals surface area contributed by atoms with Gasteiger partial charge in [-0.15, -0.1) is 0 Å².